The van der Waals surface area contributed by atoms with Crippen LogP contribution >= 0.6 is 23.2 Å². The maximum atomic E-state index is 11.9. The molecular formula is C21H14Cl2O5. The molecule has 0 amide bonds. The molecule has 28 heavy (non-hydrogen) atoms. The van der Waals surface area contributed by atoms with Gasteiger partial charge in [-0.15, -0.1) is 0 Å². The van der Waals surface area contributed by atoms with E-state index in [1.807, 2.05) is 6.92 Å². The molecule has 0 aliphatic rings. The van der Waals surface area contributed by atoms with Gasteiger partial charge in [0.15, 0.2) is 0 Å². The van der Waals surface area contributed by atoms with Gasteiger partial charge in [-0.2, -0.15) is 0 Å². The van der Waals surface area contributed by atoms with Gasteiger partial charge in [0.25, 0.3) is 0 Å². The Morgan fingerprint density at radius 3 is 2.18 bits per heavy atom. The molecule has 2 heterocycles. The molecule has 4 rings (SSSR count). The molecule has 0 atom stereocenters. The van der Waals surface area contributed by atoms with Gasteiger partial charge in [0.2, 0.25) is 0 Å². The number of rotatable bonds is 3. The Morgan fingerprint density at radius 2 is 1.43 bits per heavy atom. The first-order valence-electron chi connectivity index (χ1n) is 8.41. The minimum Gasteiger partial charge on any atom is -0.487 e. The third-order valence-corrected chi connectivity index (χ3v) is 5.20. The largest absolute Gasteiger partial charge is 0.487 e. The van der Waals surface area contributed by atoms with E-state index in [-0.39, 0.29) is 6.61 Å². The van der Waals surface area contributed by atoms with Crippen molar-refractivity contribution in [1.82, 2.24) is 0 Å². The van der Waals surface area contributed by atoms with Crippen molar-refractivity contribution in [2.75, 3.05) is 0 Å². The van der Waals surface area contributed by atoms with Gasteiger partial charge < -0.3 is 13.6 Å². The van der Waals surface area contributed by atoms with Crippen LogP contribution in [0.2, 0.25) is 10.0 Å². The Balaban J connectivity index is 1.75. The van der Waals surface area contributed by atoms with E-state index in [1.165, 1.54) is 12.1 Å². The summed E-state index contributed by atoms with van der Waals surface area (Å²) < 4.78 is 16.3. The second-order valence-electron chi connectivity index (χ2n) is 6.50. The predicted octanol–water partition coefficient (Wildman–Crippen LogP) is 5.40. The van der Waals surface area contributed by atoms with E-state index in [0.29, 0.717) is 37.9 Å². The summed E-state index contributed by atoms with van der Waals surface area (Å²) in [7, 11) is 0. The molecule has 0 fully saturated rings. The minimum atomic E-state index is -0.487. The lowest BCUT2D eigenvalue weighted by atomic mass is 10.1. The average Bonchev–Trinajstić information content (AvgIpc) is 2.62. The topological polar surface area (TPSA) is 69.7 Å². The van der Waals surface area contributed by atoms with Crippen LogP contribution in [0.5, 0.6) is 5.75 Å². The molecule has 0 N–H and O–H groups in total. The van der Waals surface area contributed by atoms with Crippen molar-refractivity contribution >= 4 is 45.1 Å². The average molecular weight is 417 g/mol. The number of hydrogen-bond donors (Lipinski definition) is 0. The molecular weight excluding hydrogens is 403 g/mol. The summed E-state index contributed by atoms with van der Waals surface area (Å²) in [4.78, 5) is 23.5. The van der Waals surface area contributed by atoms with Crippen LogP contribution in [0.4, 0.5) is 0 Å². The summed E-state index contributed by atoms with van der Waals surface area (Å²) in [6.45, 7) is 3.69. The second kappa shape index (κ2) is 7.00. The Hall–Kier alpha value is -2.76. The predicted molar refractivity (Wildman–Crippen MR) is 109 cm³/mol. The van der Waals surface area contributed by atoms with Crippen LogP contribution in [0.25, 0.3) is 21.9 Å². The quantitative estimate of drug-likeness (QED) is 0.418. The zero-order valence-electron chi connectivity index (χ0n) is 15.0. The smallest absolute Gasteiger partial charge is 0.336 e. The van der Waals surface area contributed by atoms with Gasteiger partial charge in [-0.25, -0.2) is 9.59 Å². The Labute approximate surface area is 169 Å². The third-order valence-electron chi connectivity index (χ3n) is 4.50. The Kier molecular flexibility index (Phi) is 4.65. The number of fused-ring (bicyclic) bond motifs is 2. The fraction of sp³-hybridized carbons (Fsp3) is 0.143. The van der Waals surface area contributed by atoms with Gasteiger partial charge in [-0.3, -0.25) is 0 Å². The molecule has 0 saturated carbocycles. The summed E-state index contributed by atoms with van der Waals surface area (Å²) in [5.41, 5.74) is 2.04. The van der Waals surface area contributed by atoms with E-state index in [1.54, 1.807) is 31.2 Å². The van der Waals surface area contributed by atoms with Gasteiger partial charge in [0.05, 0.1) is 5.02 Å². The normalized spacial score (nSPS) is 11.3. The first kappa shape index (κ1) is 18.6. The molecule has 0 radical (unpaired) electrons. The summed E-state index contributed by atoms with van der Waals surface area (Å²) in [6.07, 6.45) is 0. The fourth-order valence-electron chi connectivity index (χ4n) is 3.05. The van der Waals surface area contributed by atoms with Crippen molar-refractivity contribution < 1.29 is 13.6 Å². The van der Waals surface area contributed by atoms with Crippen LogP contribution in [0.3, 0.4) is 0 Å². The monoisotopic (exact) mass is 416 g/mol. The zero-order chi connectivity index (χ0) is 20.0. The van der Waals surface area contributed by atoms with Gasteiger partial charge in [0.1, 0.15) is 23.5 Å². The molecule has 142 valence electrons. The van der Waals surface area contributed by atoms with E-state index in [0.717, 1.165) is 16.5 Å². The number of ether oxygens (including phenoxy) is 1. The second-order valence-corrected chi connectivity index (χ2v) is 7.32. The maximum Gasteiger partial charge on any atom is 0.336 e. The van der Waals surface area contributed by atoms with Crippen molar-refractivity contribution in [2.24, 2.45) is 0 Å². The van der Waals surface area contributed by atoms with Gasteiger partial charge in [-0.05, 0) is 43.2 Å². The summed E-state index contributed by atoms with van der Waals surface area (Å²) in [5, 5.41) is 2.33. The summed E-state index contributed by atoms with van der Waals surface area (Å²) in [6, 6.07) is 9.45. The fourth-order valence-corrected chi connectivity index (χ4v) is 3.44. The lowest BCUT2D eigenvalue weighted by Gasteiger charge is -2.11. The van der Waals surface area contributed by atoms with Gasteiger partial charge >= 0.3 is 11.3 Å². The van der Waals surface area contributed by atoms with E-state index in [9.17, 15) is 9.59 Å². The van der Waals surface area contributed by atoms with E-state index >= 15 is 0 Å². The number of halogens is 2. The molecule has 0 aliphatic carbocycles. The molecule has 7 heteroatoms. The van der Waals surface area contributed by atoms with E-state index in [2.05, 4.69) is 0 Å². The van der Waals surface area contributed by atoms with Crippen molar-refractivity contribution in [3.8, 4) is 5.75 Å². The minimum absolute atomic E-state index is 0.0583. The Morgan fingerprint density at radius 1 is 0.786 bits per heavy atom. The van der Waals surface area contributed by atoms with E-state index in [4.69, 9.17) is 36.8 Å². The molecule has 0 bridgehead atoms. The van der Waals surface area contributed by atoms with Crippen LogP contribution in [-0.2, 0) is 6.61 Å². The summed E-state index contributed by atoms with van der Waals surface area (Å²) in [5.74, 6) is 0.336. The van der Waals surface area contributed by atoms with Crippen molar-refractivity contribution in [3.63, 3.8) is 0 Å². The van der Waals surface area contributed by atoms with Crippen molar-refractivity contribution in [3.05, 3.63) is 84.0 Å². The van der Waals surface area contributed by atoms with Crippen LogP contribution < -0.4 is 16.0 Å². The first-order valence-corrected chi connectivity index (χ1v) is 9.17. The molecule has 2 aromatic carbocycles. The van der Waals surface area contributed by atoms with Gasteiger partial charge in [-0.1, -0.05) is 23.2 Å². The molecule has 5 nitrogen and oxygen atoms in total. The number of benzene rings is 2. The summed E-state index contributed by atoms with van der Waals surface area (Å²) >= 11 is 12.5. The Bertz CT molecular complexity index is 1350. The maximum absolute atomic E-state index is 11.9. The molecule has 2 aromatic heterocycles. The van der Waals surface area contributed by atoms with Crippen LogP contribution in [0.1, 0.15) is 16.7 Å². The number of hydrogen-bond acceptors (Lipinski definition) is 5. The highest BCUT2D eigenvalue weighted by Crippen LogP contribution is 2.32. The number of aryl methyl sites for hydroxylation is 2. The van der Waals surface area contributed by atoms with Crippen LogP contribution in [0.15, 0.2) is 54.8 Å². The molecule has 0 saturated heterocycles. The standard InChI is InChI=1S/C21H14Cl2O5/c1-10-4-20(24)28-18-8-19(16(23)6-13(10)18)26-9-12-5-21(25)27-17-3-11(2)15(22)7-14(12)17/h3-8H,9H2,1-2H3. The molecule has 0 unspecified atom stereocenters. The molecule has 0 spiro atoms. The first-order chi connectivity index (χ1) is 13.3. The lowest BCUT2D eigenvalue weighted by molar-refractivity contribution is 0.306. The van der Waals surface area contributed by atoms with Crippen molar-refractivity contribution in [1.29, 1.82) is 0 Å². The lowest BCUT2D eigenvalue weighted by Crippen LogP contribution is -2.05. The SMILES string of the molecule is Cc1cc2oc(=O)cc(COc3cc4oc(=O)cc(C)c4cc3Cl)c2cc1Cl. The van der Waals surface area contributed by atoms with E-state index < -0.39 is 11.3 Å². The highest BCUT2D eigenvalue weighted by Gasteiger charge is 2.12. The third kappa shape index (κ3) is 3.39. The molecule has 0 aliphatic heterocycles. The van der Waals surface area contributed by atoms with Crippen molar-refractivity contribution in [2.45, 2.75) is 20.5 Å². The van der Waals surface area contributed by atoms with Gasteiger partial charge in [0, 0.05) is 39.6 Å². The van der Waals surface area contributed by atoms with Crippen LogP contribution in [-0.4, -0.2) is 0 Å². The highest BCUT2D eigenvalue weighted by atomic mass is 35.5. The molecule has 4 aromatic rings. The zero-order valence-corrected chi connectivity index (χ0v) is 16.5. The highest BCUT2D eigenvalue weighted by molar-refractivity contribution is 6.33. The van der Waals surface area contributed by atoms with Crippen LogP contribution in [0, 0.1) is 13.8 Å².